The summed E-state index contributed by atoms with van der Waals surface area (Å²) in [7, 11) is 0. The van der Waals surface area contributed by atoms with Crippen molar-refractivity contribution in [2.75, 3.05) is 6.61 Å². The van der Waals surface area contributed by atoms with Crippen molar-refractivity contribution in [2.24, 2.45) is 5.92 Å². The number of pyridine rings is 2. The molecule has 0 bridgehead atoms. The van der Waals surface area contributed by atoms with Crippen LogP contribution in [0.25, 0.3) is 11.4 Å². The van der Waals surface area contributed by atoms with Gasteiger partial charge in [0.05, 0.1) is 23.6 Å². The van der Waals surface area contributed by atoms with E-state index < -0.39 is 29.3 Å². The first-order valence-electron chi connectivity index (χ1n) is 14.8. The van der Waals surface area contributed by atoms with Crippen LogP contribution >= 0.6 is 0 Å². The first-order valence-corrected chi connectivity index (χ1v) is 14.8. The Labute approximate surface area is 225 Å². The molecule has 2 aromatic rings. The molecule has 2 aromatic heterocycles. The maximum absolute atomic E-state index is 15.3. The molecule has 0 aromatic carbocycles. The number of rotatable bonds is 17. The van der Waals surface area contributed by atoms with Gasteiger partial charge in [-0.25, -0.2) is 18.7 Å². The molecule has 0 fully saturated rings. The Morgan fingerprint density at radius 1 is 0.789 bits per heavy atom. The molecule has 212 valence electrons. The lowest BCUT2D eigenvalue weighted by Gasteiger charge is -2.33. The van der Waals surface area contributed by atoms with Gasteiger partial charge in [0.15, 0.2) is 5.75 Å². The standard InChI is InChI=1S/C31H44F4N2O/c1-3-5-7-9-11-12-14-16-24-18-17-23-22-26(37-30(33)28(23)31(24,34)35)25-19-20-27(29(32)36-25)38-21-15-13-10-8-6-4-2/h19-20,22,24H,3-18,21H2,1-2H3. The minimum absolute atomic E-state index is 0.0282. The minimum Gasteiger partial charge on any atom is -0.489 e. The van der Waals surface area contributed by atoms with Gasteiger partial charge in [0.25, 0.3) is 11.9 Å². The smallest absolute Gasteiger partial charge is 0.280 e. The topological polar surface area (TPSA) is 35.0 Å². The Bertz CT molecular complexity index is 998. The largest absolute Gasteiger partial charge is 0.489 e. The fourth-order valence-corrected chi connectivity index (χ4v) is 5.37. The van der Waals surface area contributed by atoms with Crippen LogP contribution in [0.2, 0.25) is 0 Å². The van der Waals surface area contributed by atoms with Crippen LogP contribution in [-0.4, -0.2) is 16.6 Å². The van der Waals surface area contributed by atoms with Crippen LogP contribution in [-0.2, 0) is 12.3 Å². The third-order valence-corrected chi connectivity index (χ3v) is 7.65. The Morgan fingerprint density at radius 3 is 2.05 bits per heavy atom. The lowest BCUT2D eigenvalue weighted by Crippen LogP contribution is -2.33. The average Bonchev–Trinajstić information content (AvgIpc) is 2.89. The zero-order valence-corrected chi connectivity index (χ0v) is 23.1. The van der Waals surface area contributed by atoms with E-state index in [4.69, 9.17) is 4.74 Å². The molecule has 0 spiro atoms. The molecule has 3 rings (SSSR count). The van der Waals surface area contributed by atoms with Crippen LogP contribution in [0, 0.1) is 17.8 Å². The number of nitrogens with zero attached hydrogens (tertiary/aromatic N) is 2. The van der Waals surface area contributed by atoms with Gasteiger partial charge in [0.1, 0.15) is 0 Å². The van der Waals surface area contributed by atoms with Gasteiger partial charge in [-0.3, -0.25) is 0 Å². The zero-order chi connectivity index (χ0) is 27.4. The van der Waals surface area contributed by atoms with Gasteiger partial charge in [-0.1, -0.05) is 90.9 Å². The van der Waals surface area contributed by atoms with Gasteiger partial charge in [0.2, 0.25) is 5.95 Å². The van der Waals surface area contributed by atoms with E-state index in [0.717, 1.165) is 44.9 Å². The van der Waals surface area contributed by atoms with E-state index in [2.05, 4.69) is 23.8 Å². The Balaban J connectivity index is 1.59. The molecule has 0 aliphatic heterocycles. The van der Waals surface area contributed by atoms with Crippen molar-refractivity contribution < 1.29 is 22.3 Å². The monoisotopic (exact) mass is 536 g/mol. The van der Waals surface area contributed by atoms with Crippen LogP contribution in [0.5, 0.6) is 5.75 Å². The summed E-state index contributed by atoms with van der Waals surface area (Å²) in [5.41, 5.74) is -0.202. The number of alkyl halides is 2. The summed E-state index contributed by atoms with van der Waals surface area (Å²) in [5.74, 6) is -6.11. The van der Waals surface area contributed by atoms with Crippen LogP contribution < -0.4 is 4.74 Å². The zero-order valence-electron chi connectivity index (χ0n) is 23.1. The second-order valence-electron chi connectivity index (χ2n) is 10.7. The maximum atomic E-state index is 15.3. The van der Waals surface area contributed by atoms with Gasteiger partial charge >= 0.3 is 0 Å². The van der Waals surface area contributed by atoms with Crippen molar-refractivity contribution in [1.82, 2.24) is 9.97 Å². The van der Waals surface area contributed by atoms with Gasteiger partial charge in [-0.15, -0.1) is 0 Å². The summed E-state index contributed by atoms with van der Waals surface area (Å²) >= 11 is 0. The van der Waals surface area contributed by atoms with Crippen LogP contribution in [0.4, 0.5) is 17.6 Å². The van der Waals surface area contributed by atoms with Crippen molar-refractivity contribution in [3.8, 4) is 17.1 Å². The highest BCUT2D eigenvalue weighted by Gasteiger charge is 2.47. The fraction of sp³-hybridized carbons (Fsp3) is 0.677. The van der Waals surface area contributed by atoms with E-state index in [1.165, 1.54) is 56.7 Å². The normalized spacial score (nSPS) is 16.4. The summed E-state index contributed by atoms with van der Waals surface area (Å²) in [6.45, 7) is 4.72. The number of halogens is 4. The van der Waals surface area contributed by atoms with Crippen molar-refractivity contribution in [1.29, 1.82) is 0 Å². The highest BCUT2D eigenvalue weighted by Crippen LogP contribution is 2.47. The number of aryl methyl sites for hydroxylation is 1. The third-order valence-electron chi connectivity index (χ3n) is 7.65. The summed E-state index contributed by atoms with van der Waals surface area (Å²) < 4.78 is 65.7. The van der Waals surface area contributed by atoms with E-state index in [9.17, 15) is 4.39 Å². The van der Waals surface area contributed by atoms with Gasteiger partial charge in [-0.2, -0.15) is 8.78 Å². The number of hydrogen-bond acceptors (Lipinski definition) is 3. The summed E-state index contributed by atoms with van der Waals surface area (Å²) in [6.07, 6.45) is 15.0. The number of hydrogen-bond donors (Lipinski definition) is 0. The van der Waals surface area contributed by atoms with Crippen molar-refractivity contribution in [3.63, 3.8) is 0 Å². The van der Waals surface area contributed by atoms with E-state index in [-0.39, 0.29) is 22.7 Å². The third kappa shape index (κ3) is 8.41. The summed E-state index contributed by atoms with van der Waals surface area (Å²) in [5, 5.41) is 0. The SMILES string of the molecule is CCCCCCCCCC1CCc2cc(-c3ccc(OCCCCCCCC)c(F)n3)nc(F)c2C1(F)F. The molecular weight excluding hydrogens is 492 g/mol. The van der Waals surface area contributed by atoms with Crippen molar-refractivity contribution >= 4 is 0 Å². The molecule has 0 saturated heterocycles. The summed E-state index contributed by atoms with van der Waals surface area (Å²) in [6, 6.07) is 4.38. The molecule has 0 amide bonds. The fourth-order valence-electron chi connectivity index (χ4n) is 5.37. The van der Waals surface area contributed by atoms with Crippen molar-refractivity contribution in [2.45, 2.75) is 123 Å². The van der Waals surface area contributed by atoms with E-state index >= 15 is 13.2 Å². The highest BCUT2D eigenvalue weighted by molar-refractivity contribution is 5.57. The van der Waals surface area contributed by atoms with Crippen LogP contribution in [0.1, 0.15) is 121 Å². The first kappa shape index (κ1) is 30.4. The molecule has 38 heavy (non-hydrogen) atoms. The Morgan fingerprint density at radius 2 is 1.39 bits per heavy atom. The minimum atomic E-state index is -3.27. The molecule has 2 heterocycles. The molecule has 1 unspecified atom stereocenters. The van der Waals surface area contributed by atoms with E-state index in [1.807, 2.05) is 0 Å². The molecular formula is C31H44F4N2O. The number of fused-ring (bicyclic) bond motifs is 1. The molecule has 1 aliphatic rings. The van der Waals surface area contributed by atoms with E-state index in [0.29, 0.717) is 25.9 Å². The second kappa shape index (κ2) is 15.4. The van der Waals surface area contributed by atoms with Crippen LogP contribution in [0.3, 0.4) is 0 Å². The number of ether oxygens (including phenoxy) is 1. The first-order chi connectivity index (χ1) is 18.4. The van der Waals surface area contributed by atoms with Gasteiger partial charge < -0.3 is 4.74 Å². The molecule has 1 atom stereocenters. The maximum Gasteiger partial charge on any atom is 0.280 e. The lowest BCUT2D eigenvalue weighted by atomic mass is 9.78. The molecule has 0 saturated carbocycles. The number of unbranched alkanes of at least 4 members (excludes halogenated alkanes) is 11. The predicted octanol–water partition coefficient (Wildman–Crippen LogP) is 9.96. The molecule has 3 nitrogen and oxygen atoms in total. The number of aromatic nitrogens is 2. The van der Waals surface area contributed by atoms with Crippen molar-refractivity contribution in [3.05, 3.63) is 41.2 Å². The van der Waals surface area contributed by atoms with Gasteiger partial charge in [-0.05, 0) is 49.4 Å². The molecule has 0 radical (unpaired) electrons. The van der Waals surface area contributed by atoms with Crippen LogP contribution in [0.15, 0.2) is 18.2 Å². The molecule has 0 N–H and O–H groups in total. The van der Waals surface area contributed by atoms with Gasteiger partial charge in [0, 0.05) is 5.92 Å². The average molecular weight is 537 g/mol. The predicted molar refractivity (Wildman–Crippen MR) is 145 cm³/mol. The molecule has 1 aliphatic carbocycles. The quantitative estimate of drug-likeness (QED) is 0.115. The summed E-state index contributed by atoms with van der Waals surface area (Å²) in [4.78, 5) is 7.68. The highest BCUT2D eigenvalue weighted by atomic mass is 19.3. The van der Waals surface area contributed by atoms with E-state index in [1.54, 1.807) is 0 Å². The Kier molecular flexibility index (Phi) is 12.3. The second-order valence-corrected chi connectivity index (χ2v) is 10.7. The Hall–Kier alpha value is -2.18. The lowest BCUT2D eigenvalue weighted by molar-refractivity contribution is -0.0824. The molecule has 7 heteroatoms.